The fraction of sp³-hybridized carbons (Fsp3) is 0.200. The van der Waals surface area contributed by atoms with Crippen LogP contribution in [0.4, 0.5) is 17.3 Å². The smallest absolute Gasteiger partial charge is 0.136 e. The average Bonchev–Trinajstić information content (AvgIpc) is 2.61. The number of rotatable bonds is 6. The van der Waals surface area contributed by atoms with Crippen LogP contribution in [0.25, 0.3) is 0 Å². The van der Waals surface area contributed by atoms with Crippen LogP contribution in [0, 0.1) is 6.92 Å². The number of anilines is 3. The van der Waals surface area contributed by atoms with E-state index in [0.717, 1.165) is 34.3 Å². The minimum atomic E-state index is 0.612. The number of nitrogens with one attached hydrogen (secondary N) is 2. The minimum absolute atomic E-state index is 0.612. The predicted molar refractivity (Wildman–Crippen MR) is 105 cm³/mol. The van der Waals surface area contributed by atoms with Gasteiger partial charge in [0, 0.05) is 23.3 Å². The summed E-state index contributed by atoms with van der Waals surface area (Å²) in [7, 11) is 0. The number of para-hydroxylation sites is 1. The molecule has 0 spiro atoms. The van der Waals surface area contributed by atoms with Gasteiger partial charge in [-0.25, -0.2) is 9.97 Å². The third kappa shape index (κ3) is 4.48. The Bertz CT molecular complexity index is 864. The van der Waals surface area contributed by atoms with Gasteiger partial charge in [0.05, 0.1) is 0 Å². The third-order valence-corrected chi connectivity index (χ3v) is 4.29. The lowest BCUT2D eigenvalue weighted by molar-refractivity contribution is 1.02. The molecule has 3 rings (SSSR count). The molecule has 0 radical (unpaired) electrons. The molecule has 0 aliphatic carbocycles. The molecule has 0 bridgehead atoms. The lowest BCUT2D eigenvalue weighted by atomic mass is 10.1. The van der Waals surface area contributed by atoms with E-state index in [9.17, 15) is 0 Å². The van der Waals surface area contributed by atoms with E-state index >= 15 is 0 Å². The molecule has 0 saturated carbocycles. The summed E-state index contributed by atoms with van der Waals surface area (Å²) in [6, 6.07) is 17.9. The van der Waals surface area contributed by atoms with Crippen molar-refractivity contribution in [3.8, 4) is 0 Å². The number of halogens is 1. The lowest BCUT2D eigenvalue weighted by Gasteiger charge is -2.13. The second-order valence-electron chi connectivity index (χ2n) is 5.77. The van der Waals surface area contributed by atoms with E-state index in [1.165, 1.54) is 5.56 Å². The fourth-order valence-corrected chi connectivity index (χ4v) is 2.84. The maximum atomic E-state index is 6.21. The Kier molecular flexibility index (Phi) is 5.51. The van der Waals surface area contributed by atoms with Crippen LogP contribution in [0.5, 0.6) is 0 Å². The van der Waals surface area contributed by atoms with Crippen molar-refractivity contribution in [2.45, 2.75) is 26.8 Å². The molecule has 2 aromatic carbocycles. The van der Waals surface area contributed by atoms with E-state index in [4.69, 9.17) is 11.6 Å². The summed E-state index contributed by atoms with van der Waals surface area (Å²) in [5, 5.41) is 7.47. The first-order chi connectivity index (χ1) is 12.2. The summed E-state index contributed by atoms with van der Waals surface area (Å²) in [5.74, 6) is 2.25. The standard InChI is InChI=1S/C20H21ClN4/c1-3-15-8-5-7-11-18(15)25-20-12-19(23-14(2)24-20)22-13-16-9-4-6-10-17(16)21/h4-12H,3,13H2,1-2H3,(H2,22,23,24,25). The van der Waals surface area contributed by atoms with E-state index < -0.39 is 0 Å². The highest BCUT2D eigenvalue weighted by Crippen LogP contribution is 2.22. The van der Waals surface area contributed by atoms with Gasteiger partial charge in [-0.2, -0.15) is 0 Å². The second-order valence-corrected chi connectivity index (χ2v) is 6.17. The van der Waals surface area contributed by atoms with Crippen molar-refractivity contribution >= 4 is 28.9 Å². The van der Waals surface area contributed by atoms with Crippen LogP contribution in [0.2, 0.25) is 5.02 Å². The van der Waals surface area contributed by atoms with E-state index in [2.05, 4.69) is 39.7 Å². The second kappa shape index (κ2) is 7.99. The maximum Gasteiger partial charge on any atom is 0.136 e. The zero-order valence-electron chi connectivity index (χ0n) is 14.4. The maximum absolute atomic E-state index is 6.21. The van der Waals surface area contributed by atoms with Crippen LogP contribution in [-0.2, 0) is 13.0 Å². The number of hydrogen-bond acceptors (Lipinski definition) is 4. The van der Waals surface area contributed by atoms with Crippen LogP contribution in [-0.4, -0.2) is 9.97 Å². The van der Waals surface area contributed by atoms with Crippen LogP contribution in [0.15, 0.2) is 54.6 Å². The zero-order valence-corrected chi connectivity index (χ0v) is 15.1. The fourth-order valence-electron chi connectivity index (χ4n) is 2.64. The Balaban J connectivity index is 1.77. The van der Waals surface area contributed by atoms with E-state index in [1.807, 2.05) is 49.4 Å². The Labute approximate surface area is 153 Å². The third-order valence-electron chi connectivity index (χ3n) is 3.92. The summed E-state index contributed by atoms with van der Waals surface area (Å²) in [6.07, 6.45) is 0.963. The van der Waals surface area contributed by atoms with Crippen molar-refractivity contribution in [3.63, 3.8) is 0 Å². The van der Waals surface area contributed by atoms with Gasteiger partial charge in [-0.1, -0.05) is 54.9 Å². The molecule has 1 aromatic heterocycles. The monoisotopic (exact) mass is 352 g/mol. The number of nitrogens with zero attached hydrogens (tertiary/aromatic N) is 2. The predicted octanol–water partition coefficient (Wildman–Crippen LogP) is 5.36. The summed E-state index contributed by atoms with van der Waals surface area (Å²) in [6.45, 7) is 4.64. The van der Waals surface area contributed by atoms with Crippen molar-refractivity contribution in [1.82, 2.24) is 9.97 Å². The summed E-state index contributed by atoms with van der Waals surface area (Å²) in [4.78, 5) is 8.95. The minimum Gasteiger partial charge on any atom is -0.366 e. The molecule has 0 saturated heterocycles. The van der Waals surface area contributed by atoms with Gasteiger partial charge in [-0.15, -0.1) is 0 Å². The van der Waals surface area contributed by atoms with Crippen LogP contribution in [0.1, 0.15) is 23.9 Å². The molecule has 0 atom stereocenters. The van der Waals surface area contributed by atoms with Crippen molar-refractivity contribution in [2.24, 2.45) is 0 Å². The lowest BCUT2D eigenvalue weighted by Crippen LogP contribution is -2.06. The SMILES string of the molecule is CCc1ccccc1Nc1cc(NCc2ccccc2Cl)nc(C)n1. The highest BCUT2D eigenvalue weighted by atomic mass is 35.5. The van der Waals surface area contributed by atoms with E-state index in [-0.39, 0.29) is 0 Å². The molecule has 0 unspecified atom stereocenters. The van der Waals surface area contributed by atoms with E-state index in [0.29, 0.717) is 12.4 Å². The topological polar surface area (TPSA) is 49.8 Å². The number of aromatic nitrogens is 2. The Morgan fingerprint density at radius 1 is 0.920 bits per heavy atom. The van der Waals surface area contributed by atoms with Crippen molar-refractivity contribution in [2.75, 3.05) is 10.6 Å². The quantitative estimate of drug-likeness (QED) is 0.627. The van der Waals surface area contributed by atoms with E-state index in [1.54, 1.807) is 0 Å². The number of benzene rings is 2. The van der Waals surface area contributed by atoms with Crippen molar-refractivity contribution < 1.29 is 0 Å². The zero-order chi connectivity index (χ0) is 17.6. The van der Waals surface area contributed by atoms with Gasteiger partial charge in [0.1, 0.15) is 17.5 Å². The van der Waals surface area contributed by atoms with Gasteiger partial charge in [0.15, 0.2) is 0 Å². The molecule has 5 heteroatoms. The Hall–Kier alpha value is -2.59. The summed E-state index contributed by atoms with van der Waals surface area (Å²) >= 11 is 6.21. The molecule has 25 heavy (non-hydrogen) atoms. The molecular formula is C20H21ClN4. The van der Waals surface area contributed by atoms with Crippen LogP contribution < -0.4 is 10.6 Å². The highest BCUT2D eigenvalue weighted by Gasteiger charge is 2.06. The van der Waals surface area contributed by atoms with Gasteiger partial charge < -0.3 is 10.6 Å². The molecule has 128 valence electrons. The van der Waals surface area contributed by atoms with Crippen LogP contribution >= 0.6 is 11.6 Å². The first kappa shape index (κ1) is 17.2. The van der Waals surface area contributed by atoms with Crippen LogP contribution in [0.3, 0.4) is 0 Å². The number of hydrogen-bond donors (Lipinski definition) is 2. The summed E-state index contributed by atoms with van der Waals surface area (Å²) in [5.41, 5.74) is 3.36. The molecule has 0 aliphatic heterocycles. The summed E-state index contributed by atoms with van der Waals surface area (Å²) < 4.78 is 0. The average molecular weight is 353 g/mol. The molecule has 4 nitrogen and oxygen atoms in total. The number of aryl methyl sites for hydroxylation is 2. The van der Waals surface area contributed by atoms with Gasteiger partial charge >= 0.3 is 0 Å². The normalized spacial score (nSPS) is 10.5. The van der Waals surface area contributed by atoms with Gasteiger partial charge in [0.2, 0.25) is 0 Å². The van der Waals surface area contributed by atoms with Gasteiger partial charge in [0.25, 0.3) is 0 Å². The highest BCUT2D eigenvalue weighted by molar-refractivity contribution is 6.31. The molecule has 3 aromatic rings. The van der Waals surface area contributed by atoms with Gasteiger partial charge in [-0.3, -0.25) is 0 Å². The van der Waals surface area contributed by atoms with Crippen molar-refractivity contribution in [3.05, 3.63) is 76.6 Å². The first-order valence-corrected chi connectivity index (χ1v) is 8.71. The van der Waals surface area contributed by atoms with Crippen molar-refractivity contribution in [1.29, 1.82) is 0 Å². The molecule has 0 aliphatic rings. The molecule has 0 fully saturated rings. The molecule has 2 N–H and O–H groups in total. The first-order valence-electron chi connectivity index (χ1n) is 8.33. The van der Waals surface area contributed by atoms with Gasteiger partial charge in [-0.05, 0) is 36.6 Å². The molecular weight excluding hydrogens is 332 g/mol. The largest absolute Gasteiger partial charge is 0.366 e. The Morgan fingerprint density at radius 2 is 1.60 bits per heavy atom. The molecule has 1 heterocycles. The molecule has 0 amide bonds. The Morgan fingerprint density at radius 3 is 2.36 bits per heavy atom.